The fourth-order valence-electron chi connectivity index (χ4n) is 4.04. The van der Waals surface area contributed by atoms with Crippen molar-refractivity contribution in [3.63, 3.8) is 0 Å². The van der Waals surface area contributed by atoms with Crippen LogP contribution in [0.1, 0.15) is 35.4 Å². The van der Waals surface area contributed by atoms with Crippen LogP contribution in [0.4, 0.5) is 0 Å². The lowest BCUT2D eigenvalue weighted by atomic mass is 10.1. The van der Waals surface area contributed by atoms with Crippen LogP contribution in [0.15, 0.2) is 88.8 Å². The van der Waals surface area contributed by atoms with Crippen molar-refractivity contribution in [2.24, 2.45) is 9.98 Å². The number of aliphatic imine (C=N–C) groups is 2. The Morgan fingerprint density at radius 1 is 0.594 bits per heavy atom. The van der Waals surface area contributed by atoms with Gasteiger partial charge in [0, 0.05) is 0 Å². The molecule has 2 atom stereocenters. The summed E-state index contributed by atoms with van der Waals surface area (Å²) in [7, 11) is 0. The topological polar surface area (TPSA) is 56.1 Å². The number of aromatic nitrogens is 1. The van der Waals surface area contributed by atoms with Gasteiger partial charge in [0.2, 0.25) is 11.8 Å². The minimum atomic E-state index is 0.165. The minimum Gasteiger partial charge on any atom is -0.474 e. The summed E-state index contributed by atoms with van der Waals surface area (Å²) in [6, 6.07) is 27.2. The van der Waals surface area contributed by atoms with E-state index in [1.54, 1.807) is 0 Å². The van der Waals surface area contributed by atoms with Crippen LogP contribution in [0.5, 0.6) is 0 Å². The van der Waals surface area contributed by atoms with Crippen LogP contribution in [-0.4, -0.2) is 42.1 Å². The van der Waals surface area contributed by atoms with E-state index in [9.17, 15) is 0 Å². The Balaban J connectivity index is 1.21. The fourth-order valence-corrected chi connectivity index (χ4v) is 4.04. The Labute approximate surface area is 188 Å². The van der Waals surface area contributed by atoms with Gasteiger partial charge in [0.25, 0.3) is 0 Å². The van der Waals surface area contributed by atoms with E-state index in [0.29, 0.717) is 25.0 Å². The zero-order valence-electron chi connectivity index (χ0n) is 18.1. The van der Waals surface area contributed by atoms with Crippen LogP contribution in [0.2, 0.25) is 0 Å². The zero-order valence-corrected chi connectivity index (χ0v) is 18.1. The number of hydrogen-bond acceptors (Lipinski definition) is 5. The summed E-state index contributed by atoms with van der Waals surface area (Å²) in [4.78, 5) is 14.3. The number of ether oxygens (including phenoxy) is 2. The van der Waals surface area contributed by atoms with Gasteiger partial charge < -0.3 is 9.47 Å². The van der Waals surface area contributed by atoms with Crippen LogP contribution in [0, 0.1) is 0 Å². The first-order valence-corrected chi connectivity index (χ1v) is 11.3. The van der Waals surface area contributed by atoms with Gasteiger partial charge >= 0.3 is 0 Å². The summed E-state index contributed by atoms with van der Waals surface area (Å²) < 4.78 is 11.7. The van der Waals surface area contributed by atoms with E-state index < -0.39 is 0 Å². The number of benzene rings is 2. The molecular formula is C27H27N3O2. The van der Waals surface area contributed by atoms with Gasteiger partial charge in [0.05, 0.1) is 12.1 Å². The van der Waals surface area contributed by atoms with Crippen LogP contribution < -0.4 is 0 Å². The first-order valence-electron chi connectivity index (χ1n) is 11.3. The normalized spacial score (nSPS) is 19.8. The van der Waals surface area contributed by atoms with E-state index in [2.05, 4.69) is 48.5 Å². The largest absolute Gasteiger partial charge is 0.474 e. The second-order valence-electron chi connectivity index (χ2n) is 8.25. The summed E-state index contributed by atoms with van der Waals surface area (Å²) in [6.45, 7) is 1.21. The Hall–Kier alpha value is -3.47. The van der Waals surface area contributed by atoms with Gasteiger partial charge in [-0.15, -0.1) is 0 Å². The molecule has 32 heavy (non-hydrogen) atoms. The summed E-state index contributed by atoms with van der Waals surface area (Å²) in [6.07, 6.45) is 3.92. The van der Waals surface area contributed by atoms with E-state index >= 15 is 0 Å². The molecule has 1 aromatic heterocycles. The van der Waals surface area contributed by atoms with Crippen molar-refractivity contribution in [3.8, 4) is 0 Å². The number of aryl methyl sites for hydroxylation is 2. The standard InChI is InChI=1S/C27H27N3O2/c1-3-8-20(9-4-1)14-16-22-18-31-26(28-22)24-12-7-13-25(30-24)27-29-23(19-32-27)17-15-21-10-5-2-6-11-21/h1-13,22-23H,14-19H2. The molecule has 0 amide bonds. The molecule has 3 heterocycles. The fraction of sp³-hybridized carbons (Fsp3) is 0.296. The third kappa shape index (κ3) is 5.05. The van der Waals surface area contributed by atoms with Crippen molar-refractivity contribution in [1.29, 1.82) is 0 Å². The lowest BCUT2D eigenvalue weighted by Gasteiger charge is -2.04. The lowest BCUT2D eigenvalue weighted by molar-refractivity contribution is 0.310. The summed E-state index contributed by atoms with van der Waals surface area (Å²) in [5.41, 5.74) is 4.14. The third-order valence-electron chi connectivity index (χ3n) is 5.83. The van der Waals surface area contributed by atoms with Crippen molar-refractivity contribution >= 4 is 11.8 Å². The van der Waals surface area contributed by atoms with Crippen LogP contribution in [-0.2, 0) is 22.3 Å². The van der Waals surface area contributed by atoms with Gasteiger partial charge in [-0.1, -0.05) is 66.7 Å². The maximum Gasteiger partial charge on any atom is 0.235 e. The summed E-state index contributed by atoms with van der Waals surface area (Å²) in [5, 5.41) is 0. The molecule has 0 saturated heterocycles. The maximum atomic E-state index is 5.87. The van der Waals surface area contributed by atoms with Crippen molar-refractivity contribution < 1.29 is 9.47 Å². The molecule has 2 unspecified atom stereocenters. The molecule has 2 aliphatic rings. The molecule has 5 rings (SSSR count). The highest BCUT2D eigenvalue weighted by atomic mass is 16.5. The molecule has 0 N–H and O–H groups in total. The van der Waals surface area contributed by atoms with Gasteiger partial charge in [0.1, 0.15) is 24.6 Å². The molecule has 162 valence electrons. The monoisotopic (exact) mass is 425 g/mol. The van der Waals surface area contributed by atoms with Gasteiger partial charge in [-0.05, 0) is 48.9 Å². The lowest BCUT2D eigenvalue weighted by Crippen LogP contribution is -2.10. The van der Waals surface area contributed by atoms with Crippen molar-refractivity contribution in [2.45, 2.75) is 37.8 Å². The van der Waals surface area contributed by atoms with E-state index in [0.717, 1.165) is 37.1 Å². The SMILES string of the molecule is c1ccc(CCC2COC(c3cccc(C4=NC(CCc5ccccc5)CO4)n3)=N2)cc1. The molecule has 0 fully saturated rings. The van der Waals surface area contributed by atoms with Crippen LogP contribution in [0.25, 0.3) is 0 Å². The molecule has 2 aromatic carbocycles. The molecule has 0 bridgehead atoms. The Kier molecular flexibility index (Phi) is 6.24. The highest BCUT2D eigenvalue weighted by Gasteiger charge is 2.24. The predicted octanol–water partition coefficient (Wildman–Crippen LogP) is 4.64. The summed E-state index contributed by atoms with van der Waals surface area (Å²) in [5.74, 6) is 1.23. The molecule has 2 aliphatic heterocycles. The first kappa shape index (κ1) is 20.4. The van der Waals surface area contributed by atoms with Crippen LogP contribution >= 0.6 is 0 Å². The van der Waals surface area contributed by atoms with Crippen LogP contribution in [0.3, 0.4) is 0 Å². The highest BCUT2D eigenvalue weighted by molar-refractivity contribution is 5.97. The smallest absolute Gasteiger partial charge is 0.235 e. The Morgan fingerprint density at radius 3 is 1.53 bits per heavy atom. The highest BCUT2D eigenvalue weighted by Crippen LogP contribution is 2.19. The molecule has 3 aromatic rings. The Morgan fingerprint density at radius 2 is 1.06 bits per heavy atom. The second kappa shape index (κ2) is 9.77. The van der Waals surface area contributed by atoms with Crippen molar-refractivity contribution in [2.75, 3.05) is 13.2 Å². The van der Waals surface area contributed by atoms with Crippen molar-refractivity contribution in [1.82, 2.24) is 4.98 Å². The van der Waals surface area contributed by atoms with E-state index in [-0.39, 0.29) is 12.1 Å². The molecule has 0 radical (unpaired) electrons. The van der Waals surface area contributed by atoms with Gasteiger partial charge in [-0.2, -0.15) is 0 Å². The van der Waals surface area contributed by atoms with E-state index in [1.807, 2.05) is 30.3 Å². The number of hydrogen-bond donors (Lipinski definition) is 0. The number of pyridine rings is 1. The third-order valence-corrected chi connectivity index (χ3v) is 5.83. The first-order chi connectivity index (χ1) is 15.8. The molecule has 0 saturated carbocycles. The van der Waals surface area contributed by atoms with Gasteiger partial charge in [-0.25, -0.2) is 15.0 Å². The van der Waals surface area contributed by atoms with E-state index in [4.69, 9.17) is 24.4 Å². The van der Waals surface area contributed by atoms with Gasteiger partial charge in [-0.3, -0.25) is 0 Å². The minimum absolute atomic E-state index is 0.165. The molecule has 0 aliphatic carbocycles. The van der Waals surface area contributed by atoms with Crippen molar-refractivity contribution in [3.05, 3.63) is 101 Å². The summed E-state index contributed by atoms with van der Waals surface area (Å²) >= 11 is 0. The number of nitrogens with zero attached hydrogens (tertiary/aromatic N) is 3. The second-order valence-corrected chi connectivity index (χ2v) is 8.25. The number of rotatable bonds is 8. The molecule has 5 nitrogen and oxygen atoms in total. The molecule has 5 heteroatoms. The Bertz CT molecular complexity index is 1010. The predicted molar refractivity (Wildman–Crippen MR) is 126 cm³/mol. The average Bonchev–Trinajstić information content (AvgIpc) is 3.53. The van der Waals surface area contributed by atoms with E-state index in [1.165, 1.54) is 11.1 Å². The van der Waals surface area contributed by atoms with Gasteiger partial charge in [0.15, 0.2) is 0 Å². The maximum absolute atomic E-state index is 5.87. The molecule has 0 spiro atoms. The zero-order chi connectivity index (χ0) is 21.6. The quantitative estimate of drug-likeness (QED) is 0.528. The average molecular weight is 426 g/mol. The molecular weight excluding hydrogens is 398 g/mol.